The van der Waals surface area contributed by atoms with Crippen LogP contribution in [-0.4, -0.2) is 27.5 Å². The molecule has 1 aliphatic rings. The van der Waals surface area contributed by atoms with E-state index in [4.69, 9.17) is 0 Å². The molecule has 0 radical (unpaired) electrons. The number of nitrogens with one attached hydrogen (secondary N) is 2. The van der Waals surface area contributed by atoms with Crippen molar-refractivity contribution in [1.29, 1.82) is 0 Å². The van der Waals surface area contributed by atoms with Crippen LogP contribution in [0.25, 0.3) is 0 Å². The molecular formula is C9H13BrN2O2S2. The van der Waals surface area contributed by atoms with Crippen molar-refractivity contribution in [2.75, 3.05) is 13.1 Å². The average Bonchev–Trinajstić information content (AvgIpc) is 2.85. The summed E-state index contributed by atoms with van der Waals surface area (Å²) in [4.78, 5) is 0. The highest BCUT2D eigenvalue weighted by Gasteiger charge is 2.20. The molecule has 2 rings (SSSR count). The lowest BCUT2D eigenvalue weighted by Crippen LogP contribution is -2.36. The number of sulfonamides is 1. The molecule has 0 amide bonds. The number of thiophene rings is 1. The van der Waals surface area contributed by atoms with Gasteiger partial charge < -0.3 is 5.32 Å². The average molecular weight is 325 g/mol. The Hall–Kier alpha value is 0.0500. The third-order valence-corrected chi connectivity index (χ3v) is 6.03. The summed E-state index contributed by atoms with van der Waals surface area (Å²) in [7, 11) is -3.33. The first-order chi connectivity index (χ1) is 7.58. The van der Waals surface area contributed by atoms with Crippen molar-refractivity contribution >= 4 is 37.3 Å². The first-order valence-electron chi connectivity index (χ1n) is 5.06. The Morgan fingerprint density at radius 2 is 2.38 bits per heavy atom. The van der Waals surface area contributed by atoms with Gasteiger partial charge in [0.15, 0.2) is 0 Å². The molecule has 2 heterocycles. The third-order valence-electron chi connectivity index (χ3n) is 2.50. The molecule has 0 aliphatic carbocycles. The molecule has 0 unspecified atom stereocenters. The van der Waals surface area contributed by atoms with Crippen LogP contribution in [0.3, 0.4) is 0 Å². The number of hydrogen-bond acceptors (Lipinski definition) is 4. The molecule has 16 heavy (non-hydrogen) atoms. The fraction of sp³-hybridized carbons (Fsp3) is 0.556. The van der Waals surface area contributed by atoms with Crippen LogP contribution in [0, 0.1) is 0 Å². The van der Waals surface area contributed by atoms with Crippen LogP contribution in [0.2, 0.25) is 0 Å². The highest BCUT2D eigenvalue weighted by Crippen LogP contribution is 2.25. The molecule has 1 aromatic heterocycles. The molecule has 2 N–H and O–H groups in total. The summed E-state index contributed by atoms with van der Waals surface area (Å²) in [5.74, 6) is 0. The van der Waals surface area contributed by atoms with E-state index in [0.29, 0.717) is 10.8 Å². The van der Waals surface area contributed by atoms with Gasteiger partial charge >= 0.3 is 0 Å². The van der Waals surface area contributed by atoms with Crippen molar-refractivity contribution < 1.29 is 8.42 Å². The third kappa shape index (κ3) is 3.04. The maximum absolute atomic E-state index is 11.9. The van der Waals surface area contributed by atoms with E-state index in [9.17, 15) is 8.42 Å². The van der Waals surface area contributed by atoms with Crippen LogP contribution in [0.4, 0.5) is 0 Å². The van der Waals surface area contributed by atoms with Crippen LogP contribution in [0.1, 0.15) is 12.8 Å². The van der Waals surface area contributed by atoms with E-state index in [1.54, 1.807) is 12.1 Å². The first-order valence-corrected chi connectivity index (χ1v) is 8.15. The highest BCUT2D eigenvalue weighted by atomic mass is 79.9. The number of rotatable bonds is 4. The van der Waals surface area contributed by atoms with Crippen molar-refractivity contribution in [1.82, 2.24) is 10.0 Å². The van der Waals surface area contributed by atoms with E-state index >= 15 is 0 Å². The quantitative estimate of drug-likeness (QED) is 0.883. The number of halogens is 1. The molecule has 0 saturated carbocycles. The molecule has 1 aliphatic heterocycles. The Morgan fingerprint density at radius 3 is 2.94 bits per heavy atom. The van der Waals surface area contributed by atoms with Crippen molar-refractivity contribution in [3.05, 3.63) is 15.9 Å². The minimum atomic E-state index is -3.33. The summed E-state index contributed by atoms with van der Waals surface area (Å²) in [6, 6.07) is 3.63. The normalized spacial score (nSPS) is 21.4. The highest BCUT2D eigenvalue weighted by molar-refractivity contribution is 9.11. The minimum absolute atomic E-state index is 0.276. The topological polar surface area (TPSA) is 58.2 Å². The van der Waals surface area contributed by atoms with E-state index in [0.717, 1.165) is 23.2 Å². The second-order valence-corrected chi connectivity index (χ2v) is 8.16. The molecule has 4 nitrogen and oxygen atoms in total. The predicted octanol–water partition coefficient (Wildman–Crippen LogP) is 1.54. The Labute approximate surface area is 108 Å². The maximum Gasteiger partial charge on any atom is 0.250 e. The van der Waals surface area contributed by atoms with Gasteiger partial charge in [-0.3, -0.25) is 0 Å². The molecule has 0 aromatic carbocycles. The Kier molecular flexibility index (Phi) is 4.01. The molecule has 1 fully saturated rings. The smallest absolute Gasteiger partial charge is 0.250 e. The zero-order valence-electron chi connectivity index (χ0n) is 8.57. The molecule has 0 bridgehead atoms. The van der Waals surface area contributed by atoms with E-state index in [-0.39, 0.29) is 6.04 Å². The second kappa shape index (κ2) is 5.14. The Bertz CT molecular complexity index is 452. The van der Waals surface area contributed by atoms with E-state index < -0.39 is 10.0 Å². The van der Waals surface area contributed by atoms with E-state index in [1.165, 1.54) is 11.3 Å². The van der Waals surface area contributed by atoms with Crippen LogP contribution in [0.15, 0.2) is 20.1 Å². The van der Waals surface area contributed by atoms with Gasteiger partial charge in [0.05, 0.1) is 3.79 Å². The largest absolute Gasteiger partial charge is 0.313 e. The molecule has 7 heteroatoms. The lowest BCUT2D eigenvalue weighted by molar-refractivity contribution is 0.553. The SMILES string of the molecule is O=S(=O)(NC[C@H]1CCCN1)c1ccc(Br)s1. The summed E-state index contributed by atoms with van der Waals surface area (Å²) in [6.07, 6.45) is 2.16. The molecule has 90 valence electrons. The zero-order valence-corrected chi connectivity index (χ0v) is 11.8. The molecule has 0 spiro atoms. The van der Waals surface area contributed by atoms with Crippen LogP contribution in [0.5, 0.6) is 0 Å². The summed E-state index contributed by atoms with van der Waals surface area (Å²) in [6.45, 7) is 1.45. The van der Waals surface area contributed by atoms with Gasteiger partial charge in [0.1, 0.15) is 4.21 Å². The Morgan fingerprint density at radius 1 is 1.56 bits per heavy atom. The van der Waals surface area contributed by atoms with Crippen molar-refractivity contribution in [3.8, 4) is 0 Å². The first kappa shape index (κ1) is 12.5. The van der Waals surface area contributed by atoms with E-state index in [2.05, 4.69) is 26.0 Å². The van der Waals surface area contributed by atoms with Crippen LogP contribution < -0.4 is 10.0 Å². The lowest BCUT2D eigenvalue weighted by Gasteiger charge is -2.10. The van der Waals surface area contributed by atoms with Gasteiger partial charge in [-0.2, -0.15) is 0 Å². The van der Waals surface area contributed by atoms with Crippen LogP contribution in [-0.2, 0) is 10.0 Å². The maximum atomic E-state index is 11.9. The summed E-state index contributed by atoms with van der Waals surface area (Å²) >= 11 is 4.48. The summed E-state index contributed by atoms with van der Waals surface area (Å²) in [5.41, 5.74) is 0. The minimum Gasteiger partial charge on any atom is -0.313 e. The molecule has 1 aromatic rings. The fourth-order valence-corrected chi connectivity index (χ4v) is 4.79. The van der Waals surface area contributed by atoms with Gasteiger partial charge in [-0.15, -0.1) is 11.3 Å². The molecular weight excluding hydrogens is 312 g/mol. The van der Waals surface area contributed by atoms with Crippen molar-refractivity contribution in [3.63, 3.8) is 0 Å². The summed E-state index contributed by atoms with van der Waals surface area (Å²) in [5, 5.41) is 3.25. The van der Waals surface area contributed by atoms with Crippen molar-refractivity contribution in [2.45, 2.75) is 23.1 Å². The Balaban J connectivity index is 1.97. The van der Waals surface area contributed by atoms with Gasteiger partial charge in [-0.1, -0.05) is 0 Å². The number of hydrogen-bond donors (Lipinski definition) is 2. The van der Waals surface area contributed by atoms with Crippen molar-refractivity contribution in [2.24, 2.45) is 0 Å². The van der Waals surface area contributed by atoms with Crippen LogP contribution >= 0.6 is 27.3 Å². The molecule has 1 atom stereocenters. The predicted molar refractivity (Wildman–Crippen MR) is 68.2 cm³/mol. The molecule has 1 saturated heterocycles. The van der Waals surface area contributed by atoms with Gasteiger partial charge in [0.2, 0.25) is 10.0 Å². The van der Waals surface area contributed by atoms with Gasteiger partial charge in [0.25, 0.3) is 0 Å². The standard InChI is InChI=1S/C9H13BrN2O2S2/c10-8-3-4-9(15-8)16(13,14)12-6-7-2-1-5-11-7/h3-4,7,11-12H,1-2,5-6H2/t7-/m1/s1. The fourth-order valence-electron chi connectivity index (χ4n) is 1.65. The monoisotopic (exact) mass is 324 g/mol. The lowest BCUT2D eigenvalue weighted by atomic mass is 10.2. The van der Waals surface area contributed by atoms with Gasteiger partial charge in [-0.05, 0) is 47.4 Å². The van der Waals surface area contributed by atoms with E-state index in [1.807, 2.05) is 0 Å². The zero-order chi connectivity index (χ0) is 11.6. The summed E-state index contributed by atoms with van der Waals surface area (Å²) < 4.78 is 27.5. The van der Waals surface area contributed by atoms with Gasteiger partial charge in [-0.25, -0.2) is 13.1 Å². The van der Waals surface area contributed by atoms with Gasteiger partial charge in [0, 0.05) is 12.6 Å². The second-order valence-electron chi connectivity index (χ2n) is 3.70.